The van der Waals surface area contributed by atoms with Crippen LogP contribution in [0.4, 0.5) is 0 Å². The molecule has 1 atom stereocenters. The van der Waals surface area contributed by atoms with Gasteiger partial charge in [-0.15, -0.1) is 0 Å². The van der Waals surface area contributed by atoms with Crippen molar-refractivity contribution in [3.05, 3.63) is 41.5 Å². The highest BCUT2D eigenvalue weighted by molar-refractivity contribution is 6.10. The summed E-state index contributed by atoms with van der Waals surface area (Å²) in [4.78, 5) is 23.5. The van der Waals surface area contributed by atoms with E-state index in [1.165, 1.54) is 12.2 Å². The van der Waals surface area contributed by atoms with Crippen molar-refractivity contribution < 1.29 is 9.59 Å². The molecule has 0 heterocycles. The van der Waals surface area contributed by atoms with E-state index in [0.29, 0.717) is 17.7 Å². The molecule has 0 aliphatic carbocycles. The van der Waals surface area contributed by atoms with Crippen LogP contribution in [0.5, 0.6) is 0 Å². The van der Waals surface area contributed by atoms with Gasteiger partial charge in [-0.2, -0.15) is 10.5 Å². The summed E-state index contributed by atoms with van der Waals surface area (Å²) in [6, 6.07) is 10.4. The summed E-state index contributed by atoms with van der Waals surface area (Å²) in [5, 5.41) is 20.2. The number of ketones is 1. The molecule has 1 rings (SSSR count). The van der Waals surface area contributed by atoms with E-state index in [9.17, 15) is 9.59 Å². The van der Waals surface area contributed by atoms with Crippen LogP contribution in [0.3, 0.4) is 0 Å². The number of allylic oxidation sites excluding steroid dienone is 1. The van der Waals surface area contributed by atoms with E-state index in [1.807, 2.05) is 13.0 Å². The Bertz CT molecular complexity index is 636. The van der Waals surface area contributed by atoms with Crippen LogP contribution in [-0.2, 0) is 9.59 Å². The van der Waals surface area contributed by atoms with Crippen LogP contribution in [-0.4, -0.2) is 18.2 Å². The molecule has 1 aromatic carbocycles. The normalized spacial score (nSPS) is 11.4. The zero-order chi connectivity index (χ0) is 15.7. The SMILES string of the molecule is CCCNC(=O)C(C#N)C(=O)/C=C/c1cccc(C#N)c1. The number of benzene rings is 1. The average Bonchev–Trinajstić information content (AvgIpc) is 2.51. The van der Waals surface area contributed by atoms with Crippen molar-refractivity contribution in [2.24, 2.45) is 5.92 Å². The van der Waals surface area contributed by atoms with E-state index in [2.05, 4.69) is 5.32 Å². The predicted molar refractivity (Wildman–Crippen MR) is 77.6 cm³/mol. The molecule has 0 radical (unpaired) electrons. The highest BCUT2D eigenvalue weighted by Crippen LogP contribution is 2.07. The quantitative estimate of drug-likeness (QED) is 0.635. The fraction of sp³-hybridized carbons (Fsp3) is 0.250. The van der Waals surface area contributed by atoms with Crippen LogP contribution in [0.2, 0.25) is 0 Å². The van der Waals surface area contributed by atoms with Crippen molar-refractivity contribution >= 4 is 17.8 Å². The molecule has 0 aromatic heterocycles. The number of rotatable bonds is 6. The lowest BCUT2D eigenvalue weighted by atomic mass is 10.0. The van der Waals surface area contributed by atoms with E-state index in [-0.39, 0.29) is 0 Å². The molecule has 5 nitrogen and oxygen atoms in total. The van der Waals surface area contributed by atoms with Crippen molar-refractivity contribution in [2.75, 3.05) is 6.54 Å². The number of nitrogens with zero attached hydrogens (tertiary/aromatic N) is 2. The van der Waals surface area contributed by atoms with Gasteiger partial charge in [-0.05, 0) is 30.2 Å². The Labute approximate surface area is 123 Å². The number of hydrogen-bond acceptors (Lipinski definition) is 4. The van der Waals surface area contributed by atoms with Gasteiger partial charge < -0.3 is 5.32 Å². The van der Waals surface area contributed by atoms with Crippen molar-refractivity contribution in [3.63, 3.8) is 0 Å². The highest BCUT2D eigenvalue weighted by Gasteiger charge is 2.23. The molecule has 0 saturated heterocycles. The largest absolute Gasteiger partial charge is 0.355 e. The summed E-state index contributed by atoms with van der Waals surface area (Å²) in [6.07, 6.45) is 3.41. The first-order chi connectivity index (χ1) is 10.1. The lowest BCUT2D eigenvalue weighted by molar-refractivity contribution is -0.129. The van der Waals surface area contributed by atoms with E-state index >= 15 is 0 Å². The highest BCUT2D eigenvalue weighted by atomic mass is 16.2. The van der Waals surface area contributed by atoms with Gasteiger partial charge in [0.05, 0.1) is 17.7 Å². The first-order valence-corrected chi connectivity index (χ1v) is 6.51. The van der Waals surface area contributed by atoms with Crippen molar-refractivity contribution in [1.29, 1.82) is 10.5 Å². The molecule has 0 bridgehead atoms. The van der Waals surface area contributed by atoms with Crippen molar-refractivity contribution in [1.82, 2.24) is 5.32 Å². The predicted octanol–water partition coefficient (Wildman–Crippen LogP) is 1.81. The minimum atomic E-state index is -1.34. The Morgan fingerprint density at radius 3 is 2.76 bits per heavy atom. The van der Waals surface area contributed by atoms with Gasteiger partial charge in [-0.1, -0.05) is 25.1 Å². The smallest absolute Gasteiger partial charge is 0.245 e. The number of carbonyl (C=O) groups is 2. The molecule has 5 heteroatoms. The Kier molecular flexibility index (Phi) is 6.37. The molecule has 0 aliphatic rings. The summed E-state index contributed by atoms with van der Waals surface area (Å²) in [7, 11) is 0. The standard InChI is InChI=1S/C16H15N3O2/c1-2-8-19-16(21)14(11-18)15(20)7-6-12-4-3-5-13(9-12)10-17/h3-7,9,14H,2,8H2,1H3,(H,19,21)/b7-6+. The third-order valence-electron chi connectivity index (χ3n) is 2.68. The van der Waals surface area contributed by atoms with Crippen molar-refractivity contribution in [2.45, 2.75) is 13.3 Å². The van der Waals surface area contributed by atoms with Gasteiger partial charge >= 0.3 is 0 Å². The number of nitriles is 2. The molecule has 106 valence electrons. The van der Waals surface area contributed by atoms with Gasteiger partial charge in [-0.25, -0.2) is 0 Å². The summed E-state index contributed by atoms with van der Waals surface area (Å²) in [6.45, 7) is 2.31. The van der Waals surface area contributed by atoms with Crippen LogP contribution in [0.25, 0.3) is 6.08 Å². The Balaban J connectivity index is 2.78. The van der Waals surface area contributed by atoms with Crippen LogP contribution < -0.4 is 5.32 Å². The maximum absolute atomic E-state index is 11.9. The molecule has 0 saturated carbocycles. The molecular weight excluding hydrogens is 266 g/mol. The van der Waals surface area contributed by atoms with Gasteiger partial charge in [0.25, 0.3) is 0 Å². The van der Waals surface area contributed by atoms with Crippen LogP contribution in [0.1, 0.15) is 24.5 Å². The lowest BCUT2D eigenvalue weighted by Crippen LogP contribution is -2.34. The molecule has 0 spiro atoms. The summed E-state index contributed by atoms with van der Waals surface area (Å²) >= 11 is 0. The minimum Gasteiger partial charge on any atom is -0.355 e. The second-order valence-corrected chi connectivity index (χ2v) is 4.33. The minimum absolute atomic E-state index is 0.429. The molecule has 1 amide bonds. The third-order valence-corrected chi connectivity index (χ3v) is 2.68. The lowest BCUT2D eigenvalue weighted by Gasteiger charge is -2.06. The molecular formula is C16H15N3O2. The van der Waals surface area contributed by atoms with E-state index < -0.39 is 17.6 Å². The van der Waals surface area contributed by atoms with E-state index in [4.69, 9.17) is 10.5 Å². The fourth-order valence-electron chi connectivity index (χ4n) is 1.59. The number of nitrogens with one attached hydrogen (secondary N) is 1. The molecule has 0 aliphatic heterocycles. The monoisotopic (exact) mass is 281 g/mol. The molecule has 21 heavy (non-hydrogen) atoms. The van der Waals surface area contributed by atoms with Crippen LogP contribution in [0.15, 0.2) is 30.3 Å². The van der Waals surface area contributed by atoms with Gasteiger partial charge in [0.15, 0.2) is 11.7 Å². The Morgan fingerprint density at radius 2 is 2.14 bits per heavy atom. The number of hydrogen-bond donors (Lipinski definition) is 1. The van der Waals surface area contributed by atoms with E-state index in [1.54, 1.807) is 30.3 Å². The van der Waals surface area contributed by atoms with Gasteiger partial charge in [0.1, 0.15) is 0 Å². The maximum Gasteiger partial charge on any atom is 0.245 e. The van der Waals surface area contributed by atoms with Gasteiger partial charge in [-0.3, -0.25) is 9.59 Å². The average molecular weight is 281 g/mol. The topological polar surface area (TPSA) is 93.8 Å². The van der Waals surface area contributed by atoms with Gasteiger partial charge in [0.2, 0.25) is 5.91 Å². The summed E-state index contributed by atoms with van der Waals surface area (Å²) < 4.78 is 0. The van der Waals surface area contributed by atoms with Crippen molar-refractivity contribution in [3.8, 4) is 12.1 Å². The molecule has 0 fully saturated rings. The van der Waals surface area contributed by atoms with Crippen LogP contribution >= 0.6 is 0 Å². The number of amides is 1. The summed E-state index contributed by atoms with van der Waals surface area (Å²) in [5.74, 6) is -2.50. The Hall–Kier alpha value is -2.92. The van der Waals surface area contributed by atoms with E-state index in [0.717, 1.165) is 6.42 Å². The fourth-order valence-corrected chi connectivity index (χ4v) is 1.59. The molecule has 1 N–H and O–H groups in total. The first-order valence-electron chi connectivity index (χ1n) is 6.51. The van der Waals surface area contributed by atoms with Crippen LogP contribution in [0, 0.1) is 28.6 Å². The zero-order valence-electron chi connectivity index (χ0n) is 11.7. The molecule has 1 unspecified atom stereocenters. The molecule has 1 aromatic rings. The van der Waals surface area contributed by atoms with Gasteiger partial charge in [0, 0.05) is 6.54 Å². The third kappa shape index (κ3) is 4.93. The second kappa shape index (κ2) is 8.29. The maximum atomic E-state index is 11.9. The number of carbonyl (C=O) groups excluding carboxylic acids is 2. The zero-order valence-corrected chi connectivity index (χ0v) is 11.7. The Morgan fingerprint density at radius 1 is 1.38 bits per heavy atom. The first kappa shape index (κ1) is 16.1. The second-order valence-electron chi connectivity index (χ2n) is 4.33. The summed E-state index contributed by atoms with van der Waals surface area (Å²) in [5.41, 5.74) is 1.13.